The van der Waals surface area contributed by atoms with Crippen molar-refractivity contribution in [1.82, 2.24) is 0 Å². The van der Waals surface area contributed by atoms with Crippen molar-refractivity contribution in [2.75, 3.05) is 13.2 Å². The van der Waals surface area contributed by atoms with Crippen LogP contribution in [0.4, 0.5) is 0 Å². The molecule has 160 valence electrons. The molecule has 0 amide bonds. The maximum atomic E-state index is 12.3. The number of ketones is 1. The highest BCUT2D eigenvalue weighted by molar-refractivity contribution is 9.10. The maximum absolute atomic E-state index is 12.3. The fraction of sp³-hybridized carbons (Fsp3) is 0.545. The van der Waals surface area contributed by atoms with Crippen LogP contribution in [-0.4, -0.2) is 41.3 Å². The van der Waals surface area contributed by atoms with E-state index in [1.807, 2.05) is 12.2 Å². The highest BCUT2D eigenvalue weighted by Crippen LogP contribution is 2.40. The van der Waals surface area contributed by atoms with Gasteiger partial charge < -0.3 is 14.9 Å². The minimum atomic E-state index is -0.991. The van der Waals surface area contributed by atoms with Gasteiger partial charge in [0.05, 0.1) is 12.7 Å². The topological polar surface area (TPSA) is 83.8 Å². The number of carboxylic acid groups (broad SMARTS) is 1. The minimum absolute atomic E-state index is 0.0562. The molecule has 0 radical (unpaired) electrons. The molecule has 5 nitrogen and oxygen atoms in total. The zero-order valence-corrected chi connectivity index (χ0v) is 19.2. The zero-order chi connectivity index (χ0) is 21.4. The van der Waals surface area contributed by atoms with Gasteiger partial charge in [-0.15, -0.1) is 11.3 Å². The molecule has 1 unspecified atom stereocenters. The summed E-state index contributed by atoms with van der Waals surface area (Å²) in [7, 11) is 0. The fourth-order valence-electron chi connectivity index (χ4n) is 3.76. The first-order valence-corrected chi connectivity index (χ1v) is 11.5. The lowest BCUT2D eigenvalue weighted by Gasteiger charge is -2.19. The van der Waals surface area contributed by atoms with E-state index < -0.39 is 12.1 Å². The summed E-state index contributed by atoms with van der Waals surface area (Å²) >= 11 is 5.22. The molecule has 0 saturated heterocycles. The molecule has 1 saturated carbocycles. The third kappa shape index (κ3) is 7.81. The van der Waals surface area contributed by atoms with Crippen molar-refractivity contribution in [3.63, 3.8) is 0 Å². The number of carboxylic acids is 1. The molecule has 1 fully saturated rings. The Morgan fingerprint density at radius 2 is 2.14 bits per heavy atom. The molecular formula is C22H29BrO5S. The van der Waals surface area contributed by atoms with Crippen LogP contribution >= 0.6 is 27.3 Å². The van der Waals surface area contributed by atoms with Crippen molar-refractivity contribution in [3.8, 4) is 0 Å². The normalized spacial score (nSPS) is 24.7. The maximum Gasteiger partial charge on any atom is 0.329 e. The average Bonchev–Trinajstić information content (AvgIpc) is 3.11. The van der Waals surface area contributed by atoms with Crippen molar-refractivity contribution in [2.45, 2.75) is 45.6 Å². The van der Waals surface area contributed by atoms with Gasteiger partial charge in [0.1, 0.15) is 6.61 Å². The molecule has 1 aliphatic carbocycles. The van der Waals surface area contributed by atoms with Crippen LogP contribution in [0.1, 0.15) is 35.9 Å². The Bertz CT molecular complexity index is 735. The van der Waals surface area contributed by atoms with Gasteiger partial charge in [0.15, 0.2) is 5.78 Å². The van der Waals surface area contributed by atoms with Crippen LogP contribution in [0.5, 0.6) is 0 Å². The summed E-state index contributed by atoms with van der Waals surface area (Å²) in [4.78, 5) is 25.2. The Balaban J connectivity index is 1.84. The molecule has 0 spiro atoms. The molecule has 1 aromatic heterocycles. The number of carbonyl (C=O) groups is 2. The second-order valence-electron chi connectivity index (χ2n) is 7.58. The summed E-state index contributed by atoms with van der Waals surface area (Å²) in [6.45, 7) is 4.08. The predicted molar refractivity (Wildman–Crippen MR) is 118 cm³/mol. The lowest BCUT2D eigenvalue weighted by atomic mass is 9.87. The first-order chi connectivity index (χ1) is 13.8. The third-order valence-corrected chi connectivity index (χ3v) is 7.50. The number of aryl methyl sites for hydroxylation is 2. The molecular weight excluding hydrogens is 456 g/mol. The van der Waals surface area contributed by atoms with Crippen LogP contribution in [0.15, 0.2) is 34.8 Å². The molecule has 7 heteroatoms. The van der Waals surface area contributed by atoms with Gasteiger partial charge in [0.25, 0.3) is 0 Å². The Morgan fingerprint density at radius 3 is 2.79 bits per heavy atom. The molecule has 0 bridgehead atoms. The fourth-order valence-corrected chi connectivity index (χ4v) is 5.36. The first kappa shape index (κ1) is 24.0. The van der Waals surface area contributed by atoms with E-state index in [0.29, 0.717) is 18.8 Å². The van der Waals surface area contributed by atoms with Crippen molar-refractivity contribution in [1.29, 1.82) is 0 Å². The van der Waals surface area contributed by atoms with Gasteiger partial charge in [-0.1, -0.05) is 25.2 Å². The zero-order valence-electron chi connectivity index (χ0n) is 16.8. The summed E-state index contributed by atoms with van der Waals surface area (Å²) in [5.74, 6) is -0.365. The van der Waals surface area contributed by atoms with E-state index in [2.05, 4.69) is 35.8 Å². The number of ether oxygens (including phenoxy) is 1. The molecule has 1 heterocycles. The second kappa shape index (κ2) is 11.8. The van der Waals surface area contributed by atoms with E-state index in [-0.39, 0.29) is 30.8 Å². The summed E-state index contributed by atoms with van der Waals surface area (Å²) in [5.41, 5.74) is 0. The summed E-state index contributed by atoms with van der Waals surface area (Å²) in [6.07, 6.45) is 9.58. The number of aliphatic hydroxyl groups is 1. The van der Waals surface area contributed by atoms with Gasteiger partial charge in [0, 0.05) is 20.6 Å². The van der Waals surface area contributed by atoms with Crippen LogP contribution in [0, 0.1) is 24.7 Å². The summed E-state index contributed by atoms with van der Waals surface area (Å²) in [6, 6.07) is 2.08. The Labute approximate surface area is 184 Å². The number of aliphatic hydroxyl groups excluding tert-OH is 1. The largest absolute Gasteiger partial charge is 0.480 e. The number of hydrogen-bond donors (Lipinski definition) is 2. The number of halogens is 1. The molecule has 2 rings (SSSR count). The highest BCUT2D eigenvalue weighted by atomic mass is 79.9. The second-order valence-corrected chi connectivity index (χ2v) is 9.77. The van der Waals surface area contributed by atoms with Crippen molar-refractivity contribution >= 4 is 39.0 Å². The average molecular weight is 485 g/mol. The van der Waals surface area contributed by atoms with Crippen LogP contribution < -0.4 is 0 Å². The number of allylic oxidation sites excluding steroid dienone is 3. The number of rotatable bonds is 11. The van der Waals surface area contributed by atoms with E-state index in [1.165, 1.54) is 9.75 Å². The molecule has 4 atom stereocenters. The predicted octanol–water partition coefficient (Wildman–Crippen LogP) is 4.56. The molecule has 1 aromatic rings. The van der Waals surface area contributed by atoms with Crippen LogP contribution in [0.25, 0.3) is 0 Å². The number of aliphatic carboxylic acids is 1. The van der Waals surface area contributed by atoms with Crippen LogP contribution in [-0.2, 0) is 20.7 Å². The van der Waals surface area contributed by atoms with Crippen molar-refractivity contribution in [3.05, 3.63) is 44.6 Å². The molecule has 29 heavy (non-hydrogen) atoms. The van der Waals surface area contributed by atoms with Gasteiger partial charge in [0.2, 0.25) is 0 Å². The number of thiophene rings is 1. The summed E-state index contributed by atoms with van der Waals surface area (Å²) < 4.78 is 6.07. The first-order valence-electron chi connectivity index (χ1n) is 9.86. The lowest BCUT2D eigenvalue weighted by Crippen LogP contribution is -2.18. The standard InChI is InChI=1S/C22H29BrO5S/c1-14-11-21(25)19(5-3-4-10-28-13-22(26)27)18(14)9-7-16(24)6-8-17-12-20(23)15(2)29-17/h3-4,7,9,12,14,18-19,21,25H,5-6,8,10-11,13H2,1-2H3,(H,26,27)/b4-3-,9-7+/t14-,18+,19-,21?/m1/s1. The SMILES string of the molecule is Cc1sc(CCC(=O)/C=C/[C@H]2[C@H](C)CC(O)[C@@H]2C/C=C\COCC(=O)O)cc1Br. The lowest BCUT2D eigenvalue weighted by molar-refractivity contribution is -0.141. The van der Waals surface area contributed by atoms with Crippen LogP contribution in [0.3, 0.4) is 0 Å². The van der Waals surface area contributed by atoms with E-state index in [0.717, 1.165) is 17.3 Å². The minimum Gasteiger partial charge on any atom is -0.480 e. The van der Waals surface area contributed by atoms with E-state index in [4.69, 9.17) is 9.84 Å². The van der Waals surface area contributed by atoms with Gasteiger partial charge >= 0.3 is 5.97 Å². The third-order valence-electron chi connectivity index (χ3n) is 5.30. The monoisotopic (exact) mass is 484 g/mol. The Hall–Kier alpha value is -1.28. The van der Waals surface area contributed by atoms with E-state index >= 15 is 0 Å². The van der Waals surface area contributed by atoms with Gasteiger partial charge in [-0.05, 0) is 72.0 Å². The van der Waals surface area contributed by atoms with Gasteiger partial charge in [-0.3, -0.25) is 4.79 Å². The smallest absolute Gasteiger partial charge is 0.329 e. The number of hydrogen-bond acceptors (Lipinski definition) is 5. The molecule has 2 N–H and O–H groups in total. The molecule has 0 aliphatic heterocycles. The van der Waals surface area contributed by atoms with E-state index in [9.17, 15) is 14.7 Å². The Kier molecular flexibility index (Phi) is 9.75. The van der Waals surface area contributed by atoms with E-state index in [1.54, 1.807) is 23.5 Å². The quantitative estimate of drug-likeness (QED) is 0.273. The summed E-state index contributed by atoms with van der Waals surface area (Å²) in [5, 5.41) is 18.9. The van der Waals surface area contributed by atoms with Gasteiger partial charge in [-0.25, -0.2) is 4.79 Å². The van der Waals surface area contributed by atoms with Crippen LogP contribution in [0.2, 0.25) is 0 Å². The van der Waals surface area contributed by atoms with Crippen molar-refractivity contribution in [2.24, 2.45) is 17.8 Å². The van der Waals surface area contributed by atoms with Gasteiger partial charge in [-0.2, -0.15) is 0 Å². The Morgan fingerprint density at radius 1 is 1.38 bits per heavy atom. The van der Waals surface area contributed by atoms with Crippen molar-refractivity contribution < 1.29 is 24.5 Å². The highest BCUT2D eigenvalue weighted by Gasteiger charge is 2.37. The molecule has 1 aliphatic rings. The molecule has 0 aromatic carbocycles. The number of carbonyl (C=O) groups excluding carboxylic acids is 1.